The van der Waals surface area contributed by atoms with Gasteiger partial charge >= 0.3 is 18.0 Å². The second-order valence-corrected chi connectivity index (χ2v) is 7.99. The van der Waals surface area contributed by atoms with Gasteiger partial charge in [-0.05, 0) is 33.6 Å². The highest BCUT2D eigenvalue weighted by Gasteiger charge is 2.41. The first-order valence-corrected chi connectivity index (χ1v) is 9.43. The Morgan fingerprint density at radius 1 is 1.00 bits per heavy atom. The lowest BCUT2D eigenvalue weighted by atomic mass is 10.1. The zero-order chi connectivity index (χ0) is 22.2. The van der Waals surface area contributed by atoms with E-state index in [9.17, 15) is 24.3 Å². The second kappa shape index (κ2) is 10.1. The molecular weight excluding hydrogens is 384 g/mol. The lowest BCUT2D eigenvalue weighted by molar-refractivity contribution is -0.222. The molecule has 3 N–H and O–H groups in total. The first-order valence-electron chi connectivity index (χ1n) is 9.43. The molecule has 0 aromatic carbocycles. The number of allylic oxidation sites excluding steroid dienone is 1. The number of carbonyl (C=O) groups excluding carboxylic acids is 4. The number of aliphatic hydroxyl groups excluding tert-OH is 1. The van der Waals surface area contributed by atoms with E-state index in [0.29, 0.717) is 19.5 Å². The van der Waals surface area contributed by atoms with Gasteiger partial charge in [0.15, 0.2) is 5.57 Å². The molecule has 0 saturated carbocycles. The average molecular weight is 414 g/mol. The molecule has 0 atom stereocenters. The van der Waals surface area contributed by atoms with Crippen molar-refractivity contribution >= 4 is 23.9 Å². The smallest absolute Gasteiger partial charge is 0.407 e. The highest BCUT2D eigenvalue weighted by Crippen LogP contribution is 2.25. The molecule has 1 aliphatic rings. The Bertz CT molecular complexity index is 654. The minimum atomic E-state index is -1.38. The van der Waals surface area contributed by atoms with Gasteiger partial charge in [-0.25, -0.2) is 14.4 Å². The summed E-state index contributed by atoms with van der Waals surface area (Å²) in [6.07, 6.45) is 0.269. The van der Waals surface area contributed by atoms with E-state index in [1.165, 1.54) is 13.8 Å². The average Bonchev–Trinajstić information content (AvgIpc) is 2.50. The van der Waals surface area contributed by atoms with Crippen LogP contribution in [0.25, 0.3) is 0 Å². The first-order chi connectivity index (χ1) is 13.3. The standard InChI is InChI=1S/C19H30N2O8/c1-18(2,3)29-17(26)21-11-7-10-20-13(23)9-6-8-12(22)14-15(24)27-19(4,5)28-16(14)25/h22H,6-11H2,1-5H3,(H,20,23)(H,21,26). The van der Waals surface area contributed by atoms with Gasteiger partial charge in [0.25, 0.3) is 5.79 Å². The van der Waals surface area contributed by atoms with Crippen LogP contribution in [-0.4, -0.2) is 53.5 Å². The maximum absolute atomic E-state index is 11.8. The number of rotatable bonds is 8. The van der Waals surface area contributed by atoms with Crippen molar-refractivity contribution in [2.75, 3.05) is 13.1 Å². The maximum Gasteiger partial charge on any atom is 0.407 e. The van der Waals surface area contributed by atoms with Gasteiger partial charge in [-0.1, -0.05) is 0 Å². The van der Waals surface area contributed by atoms with Crippen LogP contribution < -0.4 is 10.6 Å². The Balaban J connectivity index is 2.26. The molecule has 10 heteroatoms. The van der Waals surface area contributed by atoms with Crippen LogP contribution in [0.15, 0.2) is 11.3 Å². The summed E-state index contributed by atoms with van der Waals surface area (Å²) < 4.78 is 14.9. The van der Waals surface area contributed by atoms with E-state index >= 15 is 0 Å². The third-order valence-electron chi connectivity index (χ3n) is 3.54. The molecule has 1 rings (SSSR count). The number of carbonyl (C=O) groups is 4. The molecule has 0 radical (unpaired) electrons. The van der Waals surface area contributed by atoms with Crippen LogP contribution in [-0.2, 0) is 28.6 Å². The summed E-state index contributed by atoms with van der Waals surface area (Å²) in [5.41, 5.74) is -1.11. The second-order valence-electron chi connectivity index (χ2n) is 7.99. The van der Waals surface area contributed by atoms with Crippen LogP contribution in [0.3, 0.4) is 0 Å². The Labute approximate surface area is 169 Å². The topological polar surface area (TPSA) is 140 Å². The lowest BCUT2D eigenvalue weighted by Crippen LogP contribution is -2.42. The minimum absolute atomic E-state index is 0.0480. The molecule has 0 aliphatic carbocycles. The van der Waals surface area contributed by atoms with Crippen molar-refractivity contribution in [2.24, 2.45) is 0 Å². The maximum atomic E-state index is 11.8. The molecular formula is C19H30N2O8. The Kier molecular flexibility index (Phi) is 8.47. The first kappa shape index (κ1) is 24.3. The van der Waals surface area contributed by atoms with Gasteiger partial charge in [0, 0.05) is 39.8 Å². The van der Waals surface area contributed by atoms with E-state index in [2.05, 4.69) is 10.6 Å². The minimum Gasteiger partial charge on any atom is -0.511 e. The van der Waals surface area contributed by atoms with E-state index < -0.39 is 40.8 Å². The van der Waals surface area contributed by atoms with E-state index in [-0.39, 0.29) is 25.2 Å². The van der Waals surface area contributed by atoms with Crippen molar-refractivity contribution in [3.8, 4) is 0 Å². The van der Waals surface area contributed by atoms with E-state index in [4.69, 9.17) is 14.2 Å². The van der Waals surface area contributed by atoms with Crippen molar-refractivity contribution in [1.29, 1.82) is 0 Å². The van der Waals surface area contributed by atoms with Gasteiger partial charge in [0.05, 0.1) is 0 Å². The fraction of sp³-hybridized carbons (Fsp3) is 0.684. The zero-order valence-electron chi connectivity index (χ0n) is 17.5. The van der Waals surface area contributed by atoms with Gasteiger partial charge in [-0.3, -0.25) is 4.79 Å². The summed E-state index contributed by atoms with van der Waals surface area (Å²) in [7, 11) is 0. The number of ether oxygens (including phenoxy) is 3. The van der Waals surface area contributed by atoms with Crippen molar-refractivity contribution in [3.05, 3.63) is 11.3 Å². The van der Waals surface area contributed by atoms with Crippen molar-refractivity contribution in [3.63, 3.8) is 0 Å². The summed E-state index contributed by atoms with van der Waals surface area (Å²) in [6.45, 7) is 8.82. The van der Waals surface area contributed by atoms with E-state index in [1.807, 2.05) is 0 Å². The summed E-state index contributed by atoms with van der Waals surface area (Å²) >= 11 is 0. The van der Waals surface area contributed by atoms with Gasteiger partial charge in [0.1, 0.15) is 11.4 Å². The van der Waals surface area contributed by atoms with E-state index in [1.54, 1.807) is 20.8 Å². The molecule has 0 aromatic rings. The number of alkyl carbamates (subject to hydrolysis) is 1. The number of hydrogen-bond acceptors (Lipinski definition) is 8. The number of amides is 2. The SMILES string of the molecule is CC(C)(C)OC(=O)NCCCNC(=O)CCCC(O)=C1C(=O)OC(C)(C)OC1=O. The molecule has 1 saturated heterocycles. The largest absolute Gasteiger partial charge is 0.511 e. The number of nitrogens with one attached hydrogen (secondary N) is 2. The highest BCUT2D eigenvalue weighted by molar-refractivity contribution is 6.15. The molecule has 2 amide bonds. The normalized spacial score (nSPS) is 15.8. The van der Waals surface area contributed by atoms with Crippen LogP contribution in [0.1, 0.15) is 60.3 Å². The fourth-order valence-electron chi connectivity index (χ4n) is 2.34. The number of aliphatic hydroxyl groups is 1. The van der Waals surface area contributed by atoms with Crippen LogP contribution in [0.2, 0.25) is 0 Å². The van der Waals surface area contributed by atoms with Crippen molar-refractivity contribution in [2.45, 2.75) is 71.7 Å². The monoisotopic (exact) mass is 414 g/mol. The predicted octanol–water partition coefficient (Wildman–Crippen LogP) is 1.84. The van der Waals surface area contributed by atoms with Crippen LogP contribution >= 0.6 is 0 Å². The third kappa shape index (κ3) is 9.31. The zero-order valence-corrected chi connectivity index (χ0v) is 17.5. The molecule has 0 aromatic heterocycles. The summed E-state index contributed by atoms with van der Waals surface area (Å²) in [6, 6.07) is 0. The molecule has 164 valence electrons. The Morgan fingerprint density at radius 2 is 1.55 bits per heavy atom. The highest BCUT2D eigenvalue weighted by atomic mass is 16.7. The molecule has 1 heterocycles. The molecule has 0 unspecified atom stereocenters. The molecule has 29 heavy (non-hydrogen) atoms. The van der Waals surface area contributed by atoms with Crippen molar-refractivity contribution in [1.82, 2.24) is 10.6 Å². The number of hydrogen-bond donors (Lipinski definition) is 3. The molecule has 0 bridgehead atoms. The number of esters is 2. The third-order valence-corrected chi connectivity index (χ3v) is 3.54. The Morgan fingerprint density at radius 3 is 2.10 bits per heavy atom. The van der Waals surface area contributed by atoms with Crippen LogP contribution in [0, 0.1) is 0 Å². The molecule has 1 aliphatic heterocycles. The van der Waals surface area contributed by atoms with Gasteiger partial charge in [-0.15, -0.1) is 0 Å². The number of cyclic esters (lactones) is 2. The predicted molar refractivity (Wildman–Crippen MR) is 102 cm³/mol. The molecule has 10 nitrogen and oxygen atoms in total. The quantitative estimate of drug-likeness (QED) is 0.180. The van der Waals surface area contributed by atoms with Gasteiger partial charge < -0.3 is 30.0 Å². The van der Waals surface area contributed by atoms with Crippen molar-refractivity contribution < 1.29 is 38.5 Å². The van der Waals surface area contributed by atoms with Gasteiger partial charge in [-0.2, -0.15) is 0 Å². The summed E-state index contributed by atoms with van der Waals surface area (Å²) in [5.74, 6) is -4.01. The summed E-state index contributed by atoms with van der Waals surface area (Å²) in [5, 5.41) is 15.2. The van der Waals surface area contributed by atoms with E-state index in [0.717, 1.165) is 0 Å². The molecule has 1 fully saturated rings. The van der Waals surface area contributed by atoms with Crippen LogP contribution in [0.5, 0.6) is 0 Å². The van der Waals surface area contributed by atoms with Crippen LogP contribution in [0.4, 0.5) is 4.79 Å². The fourth-order valence-corrected chi connectivity index (χ4v) is 2.34. The lowest BCUT2D eigenvalue weighted by Gasteiger charge is -2.30. The molecule has 0 spiro atoms. The summed E-state index contributed by atoms with van der Waals surface area (Å²) in [4.78, 5) is 46.9. The Hall–Kier alpha value is -2.78. The van der Waals surface area contributed by atoms with Gasteiger partial charge in [0.2, 0.25) is 5.91 Å².